The van der Waals surface area contributed by atoms with Gasteiger partial charge in [-0.1, -0.05) is 13.8 Å². The van der Waals surface area contributed by atoms with Crippen LogP contribution in [0.1, 0.15) is 39.3 Å². The van der Waals surface area contributed by atoms with Crippen molar-refractivity contribution in [2.75, 3.05) is 6.54 Å². The van der Waals surface area contributed by atoms with Crippen LogP contribution in [0.5, 0.6) is 0 Å². The van der Waals surface area contributed by atoms with Crippen LogP contribution < -0.4 is 5.32 Å². The Morgan fingerprint density at radius 2 is 2.12 bits per heavy atom. The molecule has 1 saturated heterocycles. The lowest BCUT2D eigenvalue weighted by molar-refractivity contribution is 0.0476. The normalized spacial score (nSPS) is 35.1. The van der Waals surface area contributed by atoms with Gasteiger partial charge < -0.3 is 10.1 Å². The molecule has 17 heavy (non-hydrogen) atoms. The summed E-state index contributed by atoms with van der Waals surface area (Å²) in [6.07, 6.45) is 0.707. The van der Waals surface area contributed by atoms with Crippen molar-refractivity contribution in [2.24, 2.45) is 11.8 Å². The fourth-order valence-electron chi connectivity index (χ4n) is 3.02. The molecule has 1 aliphatic rings. The van der Waals surface area contributed by atoms with Gasteiger partial charge in [0, 0.05) is 12.0 Å². The molecule has 0 saturated carbocycles. The lowest BCUT2D eigenvalue weighted by Crippen LogP contribution is -2.34. The smallest absolute Gasteiger partial charge is 0.0600 e. The minimum Gasteiger partial charge on any atom is -0.375 e. The fourth-order valence-corrected chi connectivity index (χ4v) is 3.71. The van der Waals surface area contributed by atoms with E-state index in [-0.39, 0.29) is 0 Å². The molecule has 1 N–H and O–H groups in total. The zero-order chi connectivity index (χ0) is 12.4. The van der Waals surface area contributed by atoms with E-state index in [1.165, 1.54) is 5.56 Å². The van der Waals surface area contributed by atoms with Crippen LogP contribution in [-0.2, 0) is 4.74 Å². The van der Waals surface area contributed by atoms with Gasteiger partial charge in [0.2, 0.25) is 0 Å². The van der Waals surface area contributed by atoms with Gasteiger partial charge in [0.05, 0.1) is 12.2 Å². The van der Waals surface area contributed by atoms with Gasteiger partial charge in [0.1, 0.15) is 0 Å². The molecule has 0 bridgehead atoms. The number of rotatable bonds is 4. The van der Waals surface area contributed by atoms with E-state index < -0.39 is 0 Å². The summed E-state index contributed by atoms with van der Waals surface area (Å²) < 4.78 is 5.97. The van der Waals surface area contributed by atoms with Crippen LogP contribution in [0.4, 0.5) is 0 Å². The molecule has 0 amide bonds. The summed E-state index contributed by atoms with van der Waals surface area (Å²) in [6.45, 7) is 9.90. The summed E-state index contributed by atoms with van der Waals surface area (Å²) in [5.41, 5.74) is 1.42. The van der Waals surface area contributed by atoms with Crippen LogP contribution in [-0.4, -0.2) is 18.8 Å². The summed E-state index contributed by atoms with van der Waals surface area (Å²) in [4.78, 5) is 0. The van der Waals surface area contributed by atoms with Crippen molar-refractivity contribution in [3.8, 4) is 0 Å². The molecule has 1 aromatic heterocycles. The van der Waals surface area contributed by atoms with Crippen molar-refractivity contribution in [2.45, 2.75) is 45.9 Å². The maximum absolute atomic E-state index is 5.97. The van der Waals surface area contributed by atoms with Crippen molar-refractivity contribution in [1.29, 1.82) is 0 Å². The molecule has 0 aromatic carbocycles. The van der Waals surface area contributed by atoms with E-state index in [1.54, 1.807) is 11.3 Å². The Labute approximate surface area is 108 Å². The number of nitrogens with one attached hydrogen (secondary N) is 1. The van der Waals surface area contributed by atoms with E-state index in [0.717, 1.165) is 6.54 Å². The Kier molecular flexibility index (Phi) is 4.23. The highest BCUT2D eigenvalue weighted by Gasteiger charge is 2.41. The maximum atomic E-state index is 5.97. The predicted octanol–water partition coefficient (Wildman–Crippen LogP) is 3.46. The lowest BCUT2D eigenvalue weighted by atomic mass is 9.81. The van der Waals surface area contributed by atoms with Crippen molar-refractivity contribution < 1.29 is 4.74 Å². The summed E-state index contributed by atoms with van der Waals surface area (Å²) in [5.74, 6) is 1.17. The highest BCUT2D eigenvalue weighted by Crippen LogP contribution is 2.40. The number of hydrogen-bond donors (Lipinski definition) is 1. The van der Waals surface area contributed by atoms with E-state index in [2.05, 4.69) is 49.8 Å². The maximum Gasteiger partial charge on any atom is 0.0600 e. The van der Waals surface area contributed by atoms with Gasteiger partial charge >= 0.3 is 0 Å². The fraction of sp³-hybridized carbons (Fsp3) is 0.714. The molecule has 3 heteroatoms. The molecule has 5 unspecified atom stereocenters. The molecule has 5 atom stereocenters. The first-order chi connectivity index (χ1) is 8.15. The standard InChI is InChI=1S/C14H23NOS/c1-5-15-14(12-6-7-17-8-12)13-9(2)10(3)16-11(13)4/h6-11,13-15H,5H2,1-4H3. The molecule has 2 heterocycles. The first-order valence-corrected chi connectivity index (χ1v) is 7.50. The minimum absolute atomic E-state index is 0.337. The van der Waals surface area contributed by atoms with Crippen molar-refractivity contribution in [1.82, 2.24) is 5.32 Å². The van der Waals surface area contributed by atoms with Gasteiger partial charge in [0.25, 0.3) is 0 Å². The Balaban J connectivity index is 2.21. The SMILES string of the molecule is CCNC(c1ccsc1)C1C(C)OC(C)C1C. The minimum atomic E-state index is 0.337. The first-order valence-electron chi connectivity index (χ1n) is 6.56. The monoisotopic (exact) mass is 253 g/mol. The summed E-state index contributed by atoms with van der Waals surface area (Å²) in [7, 11) is 0. The molecule has 0 radical (unpaired) electrons. The summed E-state index contributed by atoms with van der Waals surface area (Å²) >= 11 is 1.78. The molecule has 0 aliphatic carbocycles. The lowest BCUT2D eigenvalue weighted by Gasteiger charge is -2.29. The second kappa shape index (κ2) is 5.51. The number of hydrogen-bond acceptors (Lipinski definition) is 3. The van der Waals surface area contributed by atoms with Crippen molar-refractivity contribution in [3.63, 3.8) is 0 Å². The highest BCUT2D eigenvalue weighted by atomic mass is 32.1. The summed E-state index contributed by atoms with van der Waals surface area (Å²) in [6, 6.07) is 2.67. The second-order valence-electron chi connectivity index (χ2n) is 5.07. The Hall–Kier alpha value is -0.380. The van der Waals surface area contributed by atoms with Crippen molar-refractivity contribution >= 4 is 11.3 Å². The molecule has 1 aliphatic heterocycles. The van der Waals surface area contributed by atoms with E-state index in [0.29, 0.717) is 30.1 Å². The molecule has 0 spiro atoms. The van der Waals surface area contributed by atoms with Gasteiger partial charge in [-0.05, 0) is 48.7 Å². The third kappa shape index (κ3) is 2.56. The number of thiophene rings is 1. The molecule has 2 nitrogen and oxygen atoms in total. The van der Waals surface area contributed by atoms with Gasteiger partial charge in [-0.25, -0.2) is 0 Å². The second-order valence-corrected chi connectivity index (χ2v) is 5.85. The third-order valence-electron chi connectivity index (χ3n) is 4.03. The van der Waals surface area contributed by atoms with Crippen molar-refractivity contribution in [3.05, 3.63) is 22.4 Å². The largest absolute Gasteiger partial charge is 0.375 e. The average Bonchev–Trinajstić information content (AvgIpc) is 2.88. The zero-order valence-corrected chi connectivity index (χ0v) is 12.0. The van der Waals surface area contributed by atoms with Gasteiger partial charge in [-0.15, -0.1) is 0 Å². The van der Waals surface area contributed by atoms with E-state index in [1.807, 2.05) is 0 Å². The van der Waals surface area contributed by atoms with Crippen LogP contribution in [0.2, 0.25) is 0 Å². The van der Waals surface area contributed by atoms with Gasteiger partial charge in [0.15, 0.2) is 0 Å². The summed E-state index contributed by atoms with van der Waals surface area (Å²) in [5, 5.41) is 8.06. The average molecular weight is 253 g/mol. The Bertz CT molecular complexity index is 338. The molecular formula is C14H23NOS. The quantitative estimate of drug-likeness (QED) is 0.887. The van der Waals surface area contributed by atoms with E-state index >= 15 is 0 Å². The van der Waals surface area contributed by atoms with Gasteiger partial charge in [-0.2, -0.15) is 11.3 Å². The molecule has 2 rings (SSSR count). The van der Waals surface area contributed by atoms with Crippen LogP contribution in [0.25, 0.3) is 0 Å². The van der Waals surface area contributed by atoms with Gasteiger partial charge in [-0.3, -0.25) is 0 Å². The topological polar surface area (TPSA) is 21.3 Å². The molecule has 96 valence electrons. The first kappa shape index (κ1) is 13.1. The predicted molar refractivity (Wildman–Crippen MR) is 73.4 cm³/mol. The van der Waals surface area contributed by atoms with E-state index in [4.69, 9.17) is 4.74 Å². The third-order valence-corrected chi connectivity index (χ3v) is 4.73. The van der Waals surface area contributed by atoms with Crippen LogP contribution >= 0.6 is 11.3 Å². The Morgan fingerprint density at radius 3 is 2.59 bits per heavy atom. The van der Waals surface area contributed by atoms with Crippen LogP contribution in [0.15, 0.2) is 16.8 Å². The van der Waals surface area contributed by atoms with Crippen LogP contribution in [0, 0.1) is 11.8 Å². The van der Waals surface area contributed by atoms with E-state index in [9.17, 15) is 0 Å². The number of ether oxygens (including phenoxy) is 1. The molecule has 1 fully saturated rings. The highest BCUT2D eigenvalue weighted by molar-refractivity contribution is 7.07. The molecule has 1 aromatic rings. The Morgan fingerprint density at radius 1 is 1.35 bits per heavy atom. The zero-order valence-electron chi connectivity index (χ0n) is 11.1. The van der Waals surface area contributed by atoms with Crippen LogP contribution in [0.3, 0.4) is 0 Å². The molecular weight excluding hydrogens is 230 g/mol.